The molecule has 2 aromatic carbocycles. The molecule has 0 bridgehead atoms. The van der Waals surface area contributed by atoms with Crippen molar-refractivity contribution in [2.24, 2.45) is 5.92 Å². The lowest BCUT2D eigenvalue weighted by Gasteiger charge is -2.38. The molecule has 2 unspecified atom stereocenters. The van der Waals surface area contributed by atoms with E-state index in [1.54, 1.807) is 12.1 Å². The zero-order valence-corrected chi connectivity index (χ0v) is 21.8. The highest BCUT2D eigenvalue weighted by Gasteiger charge is 2.36. The number of benzene rings is 2. The largest absolute Gasteiger partial charge is 0.478 e. The first-order valence-corrected chi connectivity index (χ1v) is 13.0. The van der Waals surface area contributed by atoms with Gasteiger partial charge in [-0.05, 0) is 86.3 Å². The average Bonchev–Trinajstić information content (AvgIpc) is 2.85. The second-order valence-corrected chi connectivity index (χ2v) is 10.3. The molecule has 1 fully saturated rings. The van der Waals surface area contributed by atoms with E-state index in [9.17, 15) is 14.0 Å². The van der Waals surface area contributed by atoms with Crippen molar-refractivity contribution in [3.8, 4) is 11.5 Å². The normalized spacial score (nSPS) is 19.7. The number of hydrogen-bond acceptors (Lipinski definition) is 6. The van der Waals surface area contributed by atoms with E-state index in [0.29, 0.717) is 31.9 Å². The van der Waals surface area contributed by atoms with E-state index in [4.69, 9.17) is 9.47 Å². The Morgan fingerprint density at radius 3 is 2.31 bits per heavy atom. The van der Waals surface area contributed by atoms with Gasteiger partial charge in [0, 0.05) is 50.3 Å². The standard InChI is InChI=1S/C27H33FN2O4S/c1-6-20-15-23-18(4)24(33-19(5)31)16(2)17(3)25(23)34-26(20)35-27(32)30-13-11-29(12-14-30)22-9-7-21(28)8-10-22/h7-10,20,26H,6,11-15H2,1-5H3. The number of ether oxygens (including phenoxy) is 2. The van der Waals surface area contributed by atoms with Crippen molar-refractivity contribution in [1.82, 2.24) is 4.90 Å². The maximum atomic E-state index is 13.2. The molecule has 0 N–H and O–H groups in total. The van der Waals surface area contributed by atoms with Crippen molar-refractivity contribution in [2.75, 3.05) is 31.1 Å². The molecule has 188 valence electrons. The smallest absolute Gasteiger partial charge is 0.308 e. The number of piperazine rings is 1. The lowest BCUT2D eigenvalue weighted by molar-refractivity contribution is -0.132. The van der Waals surface area contributed by atoms with Gasteiger partial charge in [-0.2, -0.15) is 0 Å². The number of rotatable bonds is 4. The molecule has 0 saturated carbocycles. The Balaban J connectivity index is 1.45. The number of hydrogen-bond donors (Lipinski definition) is 0. The third-order valence-electron chi connectivity index (χ3n) is 7.11. The van der Waals surface area contributed by atoms with Crippen LogP contribution in [0.3, 0.4) is 0 Å². The molecule has 2 aliphatic rings. The van der Waals surface area contributed by atoms with Gasteiger partial charge < -0.3 is 19.3 Å². The number of esters is 1. The SMILES string of the molecule is CCC1Cc2c(C)c(OC(C)=O)c(C)c(C)c2OC1SC(=O)N1CCN(c2ccc(F)cc2)CC1. The summed E-state index contributed by atoms with van der Waals surface area (Å²) in [7, 11) is 0. The fraction of sp³-hybridized carbons (Fsp3) is 0.481. The molecule has 2 heterocycles. The molecule has 6 nitrogen and oxygen atoms in total. The van der Waals surface area contributed by atoms with Gasteiger partial charge in [-0.15, -0.1) is 0 Å². The topological polar surface area (TPSA) is 59.1 Å². The first-order chi connectivity index (χ1) is 16.7. The number of thioether (sulfide) groups is 1. The molecule has 4 rings (SSSR count). The number of fused-ring (bicyclic) bond motifs is 1. The predicted molar refractivity (Wildman–Crippen MR) is 137 cm³/mol. The summed E-state index contributed by atoms with van der Waals surface area (Å²) < 4.78 is 25.2. The minimum Gasteiger partial charge on any atom is -0.478 e. The highest BCUT2D eigenvalue weighted by molar-refractivity contribution is 8.13. The molecule has 8 heteroatoms. The first kappa shape index (κ1) is 25.4. The molecule has 0 spiro atoms. The molecular formula is C27H33FN2O4S. The van der Waals surface area contributed by atoms with Crippen LogP contribution in [-0.2, 0) is 11.2 Å². The van der Waals surface area contributed by atoms with Crippen LogP contribution in [0.1, 0.15) is 42.5 Å². The van der Waals surface area contributed by atoms with Gasteiger partial charge in [0.15, 0.2) is 5.44 Å². The Bertz CT molecular complexity index is 1110. The Morgan fingerprint density at radius 2 is 1.71 bits per heavy atom. The first-order valence-electron chi connectivity index (χ1n) is 12.1. The van der Waals surface area contributed by atoms with E-state index < -0.39 is 0 Å². The minimum absolute atomic E-state index is 0.0262. The quantitative estimate of drug-likeness (QED) is 0.400. The van der Waals surface area contributed by atoms with Gasteiger partial charge in [-0.3, -0.25) is 9.59 Å². The highest BCUT2D eigenvalue weighted by Crippen LogP contribution is 2.45. The molecule has 2 aromatic rings. The maximum Gasteiger partial charge on any atom is 0.308 e. The zero-order valence-electron chi connectivity index (χ0n) is 21.0. The van der Waals surface area contributed by atoms with Crippen molar-refractivity contribution < 1.29 is 23.5 Å². The fourth-order valence-corrected chi connectivity index (χ4v) is 6.01. The fourth-order valence-electron chi connectivity index (χ4n) is 4.86. The van der Waals surface area contributed by atoms with Crippen LogP contribution >= 0.6 is 11.8 Å². The van der Waals surface area contributed by atoms with Crippen molar-refractivity contribution >= 4 is 28.7 Å². The highest BCUT2D eigenvalue weighted by atomic mass is 32.2. The number of nitrogens with zero attached hydrogens (tertiary/aromatic N) is 2. The molecule has 35 heavy (non-hydrogen) atoms. The monoisotopic (exact) mass is 500 g/mol. The van der Waals surface area contributed by atoms with Gasteiger partial charge in [0.25, 0.3) is 5.24 Å². The van der Waals surface area contributed by atoms with E-state index >= 15 is 0 Å². The molecule has 1 amide bonds. The molecule has 0 radical (unpaired) electrons. The van der Waals surface area contributed by atoms with Crippen molar-refractivity contribution in [2.45, 2.75) is 52.9 Å². The van der Waals surface area contributed by atoms with Crippen molar-refractivity contribution in [1.29, 1.82) is 0 Å². The Hall–Kier alpha value is -2.74. The molecule has 0 aromatic heterocycles. The van der Waals surface area contributed by atoms with Crippen LogP contribution < -0.4 is 14.4 Å². The second-order valence-electron chi connectivity index (χ2n) is 9.30. The maximum absolute atomic E-state index is 13.2. The van der Waals surface area contributed by atoms with E-state index in [0.717, 1.165) is 46.5 Å². The van der Waals surface area contributed by atoms with E-state index in [1.807, 2.05) is 25.7 Å². The van der Waals surface area contributed by atoms with Gasteiger partial charge in [-0.25, -0.2) is 4.39 Å². The lowest BCUT2D eigenvalue weighted by atomic mass is 9.88. The van der Waals surface area contributed by atoms with Crippen LogP contribution in [0, 0.1) is 32.5 Å². The van der Waals surface area contributed by atoms with Crippen molar-refractivity contribution in [3.05, 3.63) is 52.3 Å². The van der Waals surface area contributed by atoms with Gasteiger partial charge >= 0.3 is 5.97 Å². The zero-order chi connectivity index (χ0) is 25.3. The van der Waals surface area contributed by atoms with E-state index in [1.165, 1.54) is 30.8 Å². The number of amides is 1. The van der Waals surface area contributed by atoms with E-state index in [2.05, 4.69) is 11.8 Å². The third kappa shape index (κ3) is 5.27. The molecule has 0 aliphatic carbocycles. The van der Waals surface area contributed by atoms with Crippen LogP contribution in [0.2, 0.25) is 0 Å². The van der Waals surface area contributed by atoms with E-state index in [-0.39, 0.29) is 28.4 Å². The molecule has 2 aliphatic heterocycles. The summed E-state index contributed by atoms with van der Waals surface area (Å²) in [6.45, 7) is 12.1. The molecule has 1 saturated heterocycles. The van der Waals surface area contributed by atoms with Gasteiger partial charge in [0.2, 0.25) is 0 Å². The second kappa shape index (κ2) is 10.5. The Labute approximate surface area is 210 Å². The molecular weight excluding hydrogens is 467 g/mol. The third-order valence-corrected chi connectivity index (χ3v) is 8.29. The summed E-state index contributed by atoms with van der Waals surface area (Å²) in [5.41, 5.74) is 4.53. The Morgan fingerprint density at radius 1 is 1.06 bits per heavy atom. The molecule has 2 atom stereocenters. The van der Waals surface area contributed by atoms with Gasteiger partial charge in [0.1, 0.15) is 17.3 Å². The lowest BCUT2D eigenvalue weighted by Crippen LogP contribution is -2.48. The minimum atomic E-state index is -0.335. The Kier molecular flexibility index (Phi) is 7.59. The number of carbonyl (C=O) groups is 2. The van der Waals surface area contributed by atoms with Crippen LogP contribution in [-0.4, -0.2) is 47.7 Å². The van der Waals surface area contributed by atoms with Crippen molar-refractivity contribution in [3.63, 3.8) is 0 Å². The van der Waals surface area contributed by atoms with Gasteiger partial charge in [0.05, 0.1) is 0 Å². The average molecular weight is 501 g/mol. The summed E-state index contributed by atoms with van der Waals surface area (Å²) in [6.07, 6.45) is 1.65. The summed E-state index contributed by atoms with van der Waals surface area (Å²) in [5, 5.41) is 0.0262. The van der Waals surface area contributed by atoms with Crippen LogP contribution in [0.5, 0.6) is 11.5 Å². The summed E-state index contributed by atoms with van der Waals surface area (Å²) in [5.74, 6) is 1.02. The predicted octanol–water partition coefficient (Wildman–Crippen LogP) is 5.64. The number of halogens is 1. The number of carbonyl (C=O) groups excluding carboxylic acids is 2. The van der Waals surface area contributed by atoms with Crippen LogP contribution in [0.25, 0.3) is 0 Å². The summed E-state index contributed by atoms with van der Waals surface area (Å²) in [4.78, 5) is 28.9. The van der Waals surface area contributed by atoms with Crippen LogP contribution in [0.15, 0.2) is 24.3 Å². The number of anilines is 1. The summed E-state index contributed by atoms with van der Waals surface area (Å²) >= 11 is 1.27. The summed E-state index contributed by atoms with van der Waals surface area (Å²) in [6, 6.07) is 6.48. The van der Waals surface area contributed by atoms with Gasteiger partial charge in [-0.1, -0.05) is 6.92 Å². The van der Waals surface area contributed by atoms with Crippen LogP contribution in [0.4, 0.5) is 14.9 Å².